The lowest BCUT2D eigenvalue weighted by Crippen LogP contribution is -2.42. The van der Waals surface area contributed by atoms with Crippen LogP contribution in [0.4, 0.5) is 5.95 Å². The second-order valence-corrected chi connectivity index (χ2v) is 4.96. The second-order valence-electron chi connectivity index (χ2n) is 4.96. The van der Waals surface area contributed by atoms with E-state index in [4.69, 9.17) is 4.74 Å². The lowest BCUT2D eigenvalue weighted by atomic mass is 10.1. The van der Waals surface area contributed by atoms with Crippen molar-refractivity contribution in [3.63, 3.8) is 0 Å². The van der Waals surface area contributed by atoms with Gasteiger partial charge < -0.3 is 4.74 Å². The summed E-state index contributed by atoms with van der Waals surface area (Å²) in [7, 11) is 1.56. The first-order chi connectivity index (χ1) is 9.70. The van der Waals surface area contributed by atoms with Crippen LogP contribution < -0.4 is 9.64 Å². The largest absolute Gasteiger partial charge is 0.496 e. The normalized spacial score (nSPS) is 17.7. The summed E-state index contributed by atoms with van der Waals surface area (Å²) in [6.45, 7) is 3.51. The van der Waals surface area contributed by atoms with E-state index in [0.29, 0.717) is 29.7 Å². The first kappa shape index (κ1) is 12.7. The van der Waals surface area contributed by atoms with Gasteiger partial charge in [-0.3, -0.25) is 9.69 Å². The van der Waals surface area contributed by atoms with Crippen molar-refractivity contribution >= 4 is 11.9 Å². The zero-order chi connectivity index (χ0) is 14.1. The van der Waals surface area contributed by atoms with Gasteiger partial charge in [0.2, 0.25) is 5.95 Å². The number of hydrogen-bond donors (Lipinski definition) is 0. The first-order valence-corrected chi connectivity index (χ1v) is 6.53. The third-order valence-electron chi connectivity index (χ3n) is 3.40. The number of carbonyl (C=O) groups is 1. The fraction of sp³-hybridized carbons (Fsp3) is 0.357. The van der Waals surface area contributed by atoms with Gasteiger partial charge in [-0.2, -0.15) is 10.1 Å². The minimum absolute atomic E-state index is 0.108. The van der Waals surface area contributed by atoms with Crippen molar-refractivity contribution < 1.29 is 9.53 Å². The Morgan fingerprint density at radius 2 is 2.15 bits per heavy atom. The van der Waals surface area contributed by atoms with Crippen LogP contribution in [0.1, 0.15) is 17.3 Å². The quantitative estimate of drug-likeness (QED) is 0.833. The highest BCUT2D eigenvalue weighted by molar-refractivity contribution is 6.07. The fourth-order valence-corrected chi connectivity index (χ4v) is 2.48. The third kappa shape index (κ3) is 2.03. The Morgan fingerprint density at radius 3 is 2.95 bits per heavy atom. The van der Waals surface area contributed by atoms with Crippen LogP contribution in [0.5, 0.6) is 5.75 Å². The molecule has 6 heteroatoms. The van der Waals surface area contributed by atoms with Crippen molar-refractivity contribution in [2.45, 2.75) is 13.5 Å². The summed E-state index contributed by atoms with van der Waals surface area (Å²) < 4.78 is 7.03. The zero-order valence-corrected chi connectivity index (χ0v) is 11.5. The van der Waals surface area contributed by atoms with Gasteiger partial charge in [0.1, 0.15) is 12.1 Å². The summed E-state index contributed by atoms with van der Waals surface area (Å²) in [5, 5.41) is 4.16. The number of aromatic nitrogens is 3. The Labute approximate surface area is 117 Å². The van der Waals surface area contributed by atoms with Crippen LogP contribution in [-0.4, -0.2) is 34.3 Å². The van der Waals surface area contributed by atoms with Crippen molar-refractivity contribution in [2.75, 3.05) is 18.6 Å². The number of hydrogen-bond acceptors (Lipinski definition) is 4. The molecule has 1 atom stereocenters. The number of rotatable bonds is 2. The number of methoxy groups -OCH3 is 1. The molecule has 1 unspecified atom stereocenters. The molecule has 3 rings (SSSR count). The highest BCUT2D eigenvalue weighted by Gasteiger charge is 2.30. The number of benzene rings is 1. The Balaban J connectivity index is 1.99. The highest BCUT2D eigenvalue weighted by atomic mass is 16.5. The molecule has 1 amide bonds. The van der Waals surface area contributed by atoms with Crippen LogP contribution in [0.3, 0.4) is 0 Å². The molecular formula is C14H16N4O2. The van der Waals surface area contributed by atoms with E-state index >= 15 is 0 Å². The maximum absolute atomic E-state index is 12.8. The number of ether oxygens (including phenoxy) is 1. The van der Waals surface area contributed by atoms with E-state index in [1.165, 1.54) is 6.33 Å². The Kier molecular flexibility index (Phi) is 3.14. The molecule has 0 saturated heterocycles. The second kappa shape index (κ2) is 4.96. The minimum atomic E-state index is -0.108. The highest BCUT2D eigenvalue weighted by Crippen LogP contribution is 2.25. The van der Waals surface area contributed by atoms with Crippen LogP contribution >= 0.6 is 0 Å². The van der Waals surface area contributed by atoms with Crippen LogP contribution in [0.15, 0.2) is 30.6 Å². The molecule has 0 saturated carbocycles. The molecule has 0 aliphatic carbocycles. The molecule has 0 bridgehead atoms. The molecule has 0 fully saturated rings. The Hall–Kier alpha value is -2.37. The molecule has 2 aromatic rings. The fourth-order valence-electron chi connectivity index (χ4n) is 2.48. The predicted molar refractivity (Wildman–Crippen MR) is 73.9 cm³/mol. The number of anilines is 1. The summed E-state index contributed by atoms with van der Waals surface area (Å²) in [6.07, 6.45) is 1.48. The molecule has 0 spiro atoms. The number of carbonyl (C=O) groups excluding carboxylic acids is 1. The lowest BCUT2D eigenvalue weighted by Gasteiger charge is -2.30. The Morgan fingerprint density at radius 1 is 1.35 bits per heavy atom. The Bertz CT molecular complexity index is 638. The van der Waals surface area contributed by atoms with Gasteiger partial charge in [-0.1, -0.05) is 19.1 Å². The van der Waals surface area contributed by atoms with E-state index in [9.17, 15) is 4.79 Å². The van der Waals surface area contributed by atoms with Crippen molar-refractivity contribution in [3.8, 4) is 5.75 Å². The average Bonchev–Trinajstić information content (AvgIpc) is 2.93. The molecule has 2 heterocycles. The van der Waals surface area contributed by atoms with Crippen LogP contribution in [0, 0.1) is 5.92 Å². The minimum Gasteiger partial charge on any atom is -0.496 e. The van der Waals surface area contributed by atoms with Gasteiger partial charge >= 0.3 is 0 Å². The van der Waals surface area contributed by atoms with Gasteiger partial charge in [-0.15, -0.1) is 0 Å². The molecular weight excluding hydrogens is 256 g/mol. The van der Waals surface area contributed by atoms with Crippen molar-refractivity contribution in [1.82, 2.24) is 14.8 Å². The molecule has 1 aromatic heterocycles. The monoisotopic (exact) mass is 272 g/mol. The molecule has 1 aliphatic heterocycles. The van der Waals surface area contributed by atoms with Gasteiger partial charge in [0, 0.05) is 13.1 Å². The SMILES string of the molecule is COc1ccccc1C(=O)N1CC(C)Cn2ncnc21. The van der Waals surface area contributed by atoms with E-state index in [1.54, 1.807) is 28.8 Å². The number of nitrogens with zero attached hydrogens (tertiary/aromatic N) is 4. The smallest absolute Gasteiger partial charge is 0.264 e. The van der Waals surface area contributed by atoms with Crippen LogP contribution in [-0.2, 0) is 6.54 Å². The van der Waals surface area contributed by atoms with E-state index in [2.05, 4.69) is 17.0 Å². The number of para-hydroxylation sites is 1. The molecule has 104 valence electrons. The summed E-state index contributed by atoms with van der Waals surface area (Å²) >= 11 is 0. The zero-order valence-electron chi connectivity index (χ0n) is 11.5. The van der Waals surface area contributed by atoms with Crippen LogP contribution in [0.2, 0.25) is 0 Å². The van der Waals surface area contributed by atoms with E-state index in [0.717, 1.165) is 6.54 Å². The number of fused-ring (bicyclic) bond motifs is 1. The number of amides is 1. The molecule has 1 aliphatic rings. The van der Waals surface area contributed by atoms with Gasteiger partial charge in [0.25, 0.3) is 5.91 Å². The van der Waals surface area contributed by atoms with E-state index < -0.39 is 0 Å². The molecule has 0 radical (unpaired) electrons. The summed E-state index contributed by atoms with van der Waals surface area (Å²) in [4.78, 5) is 18.6. The summed E-state index contributed by atoms with van der Waals surface area (Å²) in [5.41, 5.74) is 0.540. The van der Waals surface area contributed by atoms with Gasteiger partial charge in [-0.05, 0) is 18.1 Å². The molecule has 1 aromatic carbocycles. The average molecular weight is 272 g/mol. The van der Waals surface area contributed by atoms with Gasteiger partial charge in [0.05, 0.1) is 12.7 Å². The predicted octanol–water partition coefficient (Wildman–Crippen LogP) is 1.58. The summed E-state index contributed by atoms with van der Waals surface area (Å²) in [6, 6.07) is 7.22. The topological polar surface area (TPSA) is 60.2 Å². The standard InChI is InChI=1S/C14H16N4O2/c1-10-7-17(14-15-9-16-18(14)8-10)13(19)11-5-3-4-6-12(11)20-2/h3-6,9-10H,7-8H2,1-2H3. The van der Waals surface area contributed by atoms with E-state index in [-0.39, 0.29) is 5.91 Å². The molecule has 20 heavy (non-hydrogen) atoms. The van der Waals surface area contributed by atoms with Gasteiger partial charge in [0.15, 0.2) is 0 Å². The van der Waals surface area contributed by atoms with Crippen molar-refractivity contribution in [2.24, 2.45) is 5.92 Å². The maximum Gasteiger partial charge on any atom is 0.264 e. The summed E-state index contributed by atoms with van der Waals surface area (Å²) in [5.74, 6) is 1.40. The van der Waals surface area contributed by atoms with E-state index in [1.807, 2.05) is 12.1 Å². The molecule has 6 nitrogen and oxygen atoms in total. The first-order valence-electron chi connectivity index (χ1n) is 6.53. The van der Waals surface area contributed by atoms with Crippen molar-refractivity contribution in [3.05, 3.63) is 36.2 Å². The molecule has 0 N–H and O–H groups in total. The third-order valence-corrected chi connectivity index (χ3v) is 3.40. The lowest BCUT2D eigenvalue weighted by molar-refractivity contribution is 0.0971. The maximum atomic E-state index is 12.8. The van der Waals surface area contributed by atoms with Crippen LogP contribution in [0.25, 0.3) is 0 Å². The van der Waals surface area contributed by atoms with Gasteiger partial charge in [-0.25, -0.2) is 4.68 Å². The van der Waals surface area contributed by atoms with Crippen molar-refractivity contribution in [1.29, 1.82) is 0 Å².